The van der Waals surface area contributed by atoms with Gasteiger partial charge in [-0.3, -0.25) is 19.3 Å². The molecule has 4 aromatic carbocycles. The Hall–Kier alpha value is -3.90. The van der Waals surface area contributed by atoms with Gasteiger partial charge in [-0.05, 0) is 45.6 Å². The third-order valence-electron chi connectivity index (χ3n) is 5.35. The van der Waals surface area contributed by atoms with Gasteiger partial charge in [-0.1, -0.05) is 78.9 Å². The van der Waals surface area contributed by atoms with Gasteiger partial charge in [-0.15, -0.1) is 0 Å². The molecule has 0 saturated carbocycles. The molecule has 0 radical (unpaired) electrons. The molecule has 0 spiro atoms. The van der Waals surface area contributed by atoms with E-state index in [1.165, 1.54) is 0 Å². The molecular formula is C26H18N2O3S. The maximum absolute atomic E-state index is 12.9. The Kier molecular flexibility index (Phi) is 5.21. The van der Waals surface area contributed by atoms with Gasteiger partial charge in [-0.2, -0.15) is 0 Å². The highest BCUT2D eigenvalue weighted by atomic mass is 32.2. The van der Waals surface area contributed by atoms with Crippen LogP contribution >= 0.6 is 11.8 Å². The van der Waals surface area contributed by atoms with Crippen LogP contribution in [-0.2, 0) is 9.59 Å². The average Bonchev–Trinajstić information content (AvgIpc) is 3.07. The fourth-order valence-corrected chi connectivity index (χ4v) is 4.65. The molecule has 0 atom stereocenters. The van der Waals surface area contributed by atoms with Gasteiger partial charge >= 0.3 is 0 Å². The second-order valence-electron chi connectivity index (χ2n) is 7.41. The summed E-state index contributed by atoms with van der Waals surface area (Å²) in [6.45, 7) is -0.333. The van der Waals surface area contributed by atoms with Crippen molar-refractivity contribution >= 4 is 62.1 Å². The lowest BCUT2D eigenvalue weighted by molar-refractivity contribution is -0.127. The number of hydrogen-bond acceptors (Lipinski definition) is 4. The van der Waals surface area contributed by atoms with Crippen molar-refractivity contribution in [2.24, 2.45) is 0 Å². The number of rotatable bonds is 4. The smallest absolute Gasteiger partial charge is 0.294 e. The van der Waals surface area contributed by atoms with Crippen LogP contribution in [-0.4, -0.2) is 28.5 Å². The average molecular weight is 439 g/mol. The summed E-state index contributed by atoms with van der Waals surface area (Å²) in [6, 6.07) is 27.0. The highest BCUT2D eigenvalue weighted by Crippen LogP contribution is 2.33. The zero-order chi connectivity index (χ0) is 22.1. The summed E-state index contributed by atoms with van der Waals surface area (Å²) in [5.41, 5.74) is 1.50. The molecule has 0 unspecified atom stereocenters. The zero-order valence-electron chi connectivity index (χ0n) is 16.9. The number of fused-ring (bicyclic) bond motifs is 2. The maximum atomic E-state index is 12.9. The highest BCUT2D eigenvalue weighted by molar-refractivity contribution is 8.18. The summed E-state index contributed by atoms with van der Waals surface area (Å²) < 4.78 is 0. The number of carbonyl (C=O) groups is 3. The van der Waals surface area contributed by atoms with E-state index in [4.69, 9.17) is 0 Å². The Morgan fingerprint density at radius 2 is 1.44 bits per heavy atom. The largest absolute Gasteiger partial charge is 0.324 e. The van der Waals surface area contributed by atoms with E-state index in [-0.39, 0.29) is 6.54 Å². The fraction of sp³-hybridized carbons (Fsp3) is 0.0385. The summed E-state index contributed by atoms with van der Waals surface area (Å²) in [5, 5.41) is 6.32. The molecule has 32 heavy (non-hydrogen) atoms. The van der Waals surface area contributed by atoms with Crippen LogP contribution in [0.15, 0.2) is 89.8 Å². The number of benzene rings is 4. The van der Waals surface area contributed by atoms with Crippen molar-refractivity contribution in [3.8, 4) is 0 Å². The minimum Gasteiger partial charge on any atom is -0.324 e. The normalized spacial score (nSPS) is 15.1. The number of nitrogens with zero attached hydrogens (tertiary/aromatic N) is 1. The van der Waals surface area contributed by atoms with Gasteiger partial charge in [-0.25, -0.2) is 0 Å². The van der Waals surface area contributed by atoms with E-state index in [1.54, 1.807) is 12.1 Å². The van der Waals surface area contributed by atoms with Crippen LogP contribution in [0.5, 0.6) is 0 Å². The molecule has 4 aromatic rings. The minimum absolute atomic E-state index is 0.310. The van der Waals surface area contributed by atoms with Gasteiger partial charge < -0.3 is 5.32 Å². The highest BCUT2D eigenvalue weighted by Gasteiger charge is 2.36. The summed E-state index contributed by atoms with van der Waals surface area (Å²) in [4.78, 5) is 39.3. The summed E-state index contributed by atoms with van der Waals surface area (Å²) in [5.74, 6) is -0.879. The summed E-state index contributed by atoms with van der Waals surface area (Å²) >= 11 is 0.855. The quantitative estimate of drug-likeness (QED) is 0.417. The van der Waals surface area contributed by atoms with Crippen LogP contribution in [0, 0.1) is 0 Å². The van der Waals surface area contributed by atoms with E-state index in [1.807, 2.05) is 78.9 Å². The Morgan fingerprint density at radius 1 is 0.812 bits per heavy atom. The lowest BCUT2D eigenvalue weighted by atomic mass is 10.0. The van der Waals surface area contributed by atoms with E-state index in [0.29, 0.717) is 10.6 Å². The van der Waals surface area contributed by atoms with Crippen molar-refractivity contribution in [2.75, 3.05) is 11.9 Å². The van der Waals surface area contributed by atoms with Gasteiger partial charge in [0.25, 0.3) is 11.1 Å². The van der Waals surface area contributed by atoms with Crippen LogP contribution in [0.4, 0.5) is 10.5 Å². The molecule has 1 heterocycles. The topological polar surface area (TPSA) is 66.5 Å². The van der Waals surface area contributed by atoms with Gasteiger partial charge in [0.2, 0.25) is 5.91 Å². The first kappa shape index (κ1) is 20.0. The Bertz CT molecular complexity index is 1420. The second-order valence-corrected chi connectivity index (χ2v) is 8.40. The molecule has 1 aliphatic rings. The van der Waals surface area contributed by atoms with E-state index < -0.39 is 17.1 Å². The number of nitrogens with one attached hydrogen (secondary N) is 1. The first-order valence-corrected chi connectivity index (χ1v) is 10.9. The van der Waals surface area contributed by atoms with Gasteiger partial charge in [0, 0.05) is 11.1 Å². The lowest BCUT2D eigenvalue weighted by Gasteiger charge is -2.13. The molecule has 1 saturated heterocycles. The molecule has 0 aromatic heterocycles. The van der Waals surface area contributed by atoms with E-state index in [2.05, 4.69) is 5.32 Å². The van der Waals surface area contributed by atoms with Gasteiger partial charge in [0.05, 0.1) is 4.91 Å². The Labute approximate surface area is 188 Å². The molecule has 156 valence electrons. The minimum atomic E-state index is -0.457. The molecule has 1 N–H and O–H groups in total. The lowest BCUT2D eigenvalue weighted by Crippen LogP contribution is -2.36. The molecule has 6 heteroatoms. The van der Waals surface area contributed by atoms with Gasteiger partial charge in [0.15, 0.2) is 0 Å². The van der Waals surface area contributed by atoms with Crippen LogP contribution in [0.2, 0.25) is 0 Å². The van der Waals surface area contributed by atoms with Crippen molar-refractivity contribution in [1.82, 2.24) is 4.90 Å². The summed E-state index contributed by atoms with van der Waals surface area (Å²) in [7, 11) is 0. The van der Waals surface area contributed by atoms with Crippen molar-refractivity contribution in [3.05, 3.63) is 95.4 Å². The van der Waals surface area contributed by atoms with E-state index in [0.717, 1.165) is 43.8 Å². The predicted molar refractivity (Wildman–Crippen MR) is 129 cm³/mol. The van der Waals surface area contributed by atoms with Crippen LogP contribution in [0.25, 0.3) is 27.6 Å². The zero-order valence-corrected chi connectivity index (χ0v) is 17.8. The third-order valence-corrected chi connectivity index (χ3v) is 6.26. The molecule has 1 aliphatic heterocycles. The molecule has 0 aliphatic carbocycles. The van der Waals surface area contributed by atoms with Crippen molar-refractivity contribution in [2.45, 2.75) is 0 Å². The summed E-state index contributed by atoms with van der Waals surface area (Å²) in [6.07, 6.45) is 1.72. The van der Waals surface area contributed by atoms with Crippen molar-refractivity contribution in [3.63, 3.8) is 0 Å². The first-order valence-electron chi connectivity index (χ1n) is 10.1. The molecular weight excluding hydrogens is 420 g/mol. The Balaban J connectivity index is 1.36. The number of hydrogen-bond donors (Lipinski definition) is 1. The maximum Gasteiger partial charge on any atom is 0.294 e. The number of amides is 3. The fourth-order valence-electron chi connectivity index (χ4n) is 3.82. The third kappa shape index (κ3) is 3.76. The molecule has 0 bridgehead atoms. The molecule has 3 amide bonds. The molecule has 5 nitrogen and oxygen atoms in total. The SMILES string of the molecule is O=C(CN1C(=O)S/C(=C/c2cccc3ccccc23)C1=O)Nc1cccc2ccccc12. The monoisotopic (exact) mass is 438 g/mol. The molecule has 5 rings (SSSR count). The van der Waals surface area contributed by atoms with E-state index >= 15 is 0 Å². The van der Waals surface area contributed by atoms with Crippen LogP contribution in [0.3, 0.4) is 0 Å². The van der Waals surface area contributed by atoms with Gasteiger partial charge in [0.1, 0.15) is 6.54 Å². The number of anilines is 1. The van der Waals surface area contributed by atoms with E-state index in [9.17, 15) is 14.4 Å². The molecule has 1 fully saturated rings. The number of carbonyl (C=O) groups excluding carboxylic acids is 3. The Morgan fingerprint density at radius 3 is 2.22 bits per heavy atom. The standard InChI is InChI=1S/C26H18N2O3S/c29-24(27-22-14-6-10-18-8-2-4-13-21(18)22)16-28-25(30)23(32-26(28)31)15-19-11-5-9-17-7-1-3-12-20(17)19/h1-15H,16H2,(H,27,29)/b23-15+. The van der Waals surface area contributed by atoms with Crippen molar-refractivity contribution < 1.29 is 14.4 Å². The first-order chi connectivity index (χ1) is 15.6. The second kappa shape index (κ2) is 8.32. The van der Waals surface area contributed by atoms with Crippen molar-refractivity contribution in [1.29, 1.82) is 0 Å². The number of thioether (sulfide) groups is 1. The number of imide groups is 1. The van der Waals surface area contributed by atoms with Crippen LogP contribution in [0.1, 0.15) is 5.56 Å². The predicted octanol–water partition coefficient (Wildman–Crippen LogP) is 5.67. The van der Waals surface area contributed by atoms with Crippen LogP contribution < -0.4 is 5.32 Å².